The molecule has 0 aliphatic carbocycles. The van der Waals surface area contributed by atoms with Crippen LogP contribution in [0.2, 0.25) is 0 Å². The average Bonchev–Trinajstić information content (AvgIpc) is 2.93. The van der Waals surface area contributed by atoms with E-state index in [4.69, 9.17) is 4.74 Å². The fraction of sp³-hybridized carbons (Fsp3) is 0.647. The van der Waals surface area contributed by atoms with Gasteiger partial charge >= 0.3 is 0 Å². The Labute approximate surface area is 126 Å². The molecule has 20 heavy (non-hydrogen) atoms. The zero-order valence-electron chi connectivity index (χ0n) is 12.3. The fourth-order valence-electron chi connectivity index (χ4n) is 3.65. The number of ether oxygens (including phenoxy) is 1. The summed E-state index contributed by atoms with van der Waals surface area (Å²) >= 11 is 2.06. The molecule has 0 bridgehead atoms. The van der Waals surface area contributed by atoms with E-state index in [9.17, 15) is 0 Å². The van der Waals surface area contributed by atoms with Crippen molar-refractivity contribution in [3.8, 4) is 0 Å². The standard InChI is InChI=1S/C17H25NOS/c1-2-18-16(14-6-4-3-5-7-14)15-8-10-19-17(12-15)9-11-20-13-17/h3-7,15-16,18H,2,8-13H2,1H3. The van der Waals surface area contributed by atoms with Gasteiger partial charge in [0, 0.05) is 18.4 Å². The Morgan fingerprint density at radius 1 is 1.40 bits per heavy atom. The van der Waals surface area contributed by atoms with Crippen molar-refractivity contribution in [2.75, 3.05) is 24.7 Å². The SMILES string of the molecule is CCNC(c1ccccc1)C1CCOC2(CCSC2)C1. The maximum absolute atomic E-state index is 6.17. The summed E-state index contributed by atoms with van der Waals surface area (Å²) in [6.45, 7) is 4.16. The molecule has 1 aromatic rings. The van der Waals surface area contributed by atoms with Crippen molar-refractivity contribution >= 4 is 11.8 Å². The van der Waals surface area contributed by atoms with E-state index in [1.807, 2.05) is 0 Å². The van der Waals surface area contributed by atoms with Gasteiger partial charge in [-0.05, 0) is 43.0 Å². The summed E-state index contributed by atoms with van der Waals surface area (Å²) in [6, 6.07) is 11.4. The van der Waals surface area contributed by atoms with Gasteiger partial charge in [-0.25, -0.2) is 0 Å². The van der Waals surface area contributed by atoms with Gasteiger partial charge in [0.2, 0.25) is 0 Å². The highest BCUT2D eigenvalue weighted by Gasteiger charge is 2.42. The van der Waals surface area contributed by atoms with Gasteiger partial charge in [0.05, 0.1) is 5.60 Å². The Hall–Kier alpha value is -0.510. The predicted molar refractivity (Wildman–Crippen MR) is 86.2 cm³/mol. The summed E-state index contributed by atoms with van der Waals surface area (Å²) < 4.78 is 6.17. The molecule has 1 N–H and O–H groups in total. The van der Waals surface area contributed by atoms with Gasteiger partial charge in [0.15, 0.2) is 0 Å². The van der Waals surface area contributed by atoms with Crippen LogP contribution in [0.25, 0.3) is 0 Å². The summed E-state index contributed by atoms with van der Waals surface area (Å²) in [5, 5.41) is 3.71. The van der Waals surface area contributed by atoms with E-state index in [0.717, 1.165) is 13.2 Å². The molecule has 2 saturated heterocycles. The minimum absolute atomic E-state index is 0.177. The highest BCUT2D eigenvalue weighted by atomic mass is 32.2. The average molecular weight is 291 g/mol. The maximum Gasteiger partial charge on any atom is 0.0783 e. The van der Waals surface area contributed by atoms with Gasteiger partial charge in [-0.1, -0.05) is 37.3 Å². The smallest absolute Gasteiger partial charge is 0.0783 e. The number of nitrogens with one attached hydrogen (secondary N) is 1. The Morgan fingerprint density at radius 2 is 2.25 bits per heavy atom. The second kappa shape index (κ2) is 6.50. The molecule has 2 nitrogen and oxygen atoms in total. The molecular weight excluding hydrogens is 266 g/mol. The second-order valence-corrected chi connectivity index (χ2v) is 7.14. The summed E-state index contributed by atoms with van der Waals surface area (Å²) in [4.78, 5) is 0. The van der Waals surface area contributed by atoms with Crippen molar-refractivity contribution in [1.29, 1.82) is 0 Å². The van der Waals surface area contributed by atoms with Gasteiger partial charge in [-0.2, -0.15) is 11.8 Å². The summed E-state index contributed by atoms with van der Waals surface area (Å²) in [6.07, 6.45) is 3.63. The van der Waals surface area contributed by atoms with Crippen LogP contribution >= 0.6 is 11.8 Å². The molecule has 3 unspecified atom stereocenters. The van der Waals surface area contributed by atoms with Crippen molar-refractivity contribution in [2.45, 2.75) is 37.8 Å². The molecule has 2 aliphatic rings. The first-order valence-electron chi connectivity index (χ1n) is 7.83. The summed E-state index contributed by atoms with van der Waals surface area (Å²) in [5.41, 5.74) is 1.61. The highest BCUT2D eigenvalue weighted by Crippen LogP contribution is 2.43. The van der Waals surface area contributed by atoms with E-state index in [0.29, 0.717) is 12.0 Å². The third-order valence-electron chi connectivity index (χ3n) is 4.65. The molecule has 0 amide bonds. The van der Waals surface area contributed by atoms with E-state index in [2.05, 4.69) is 54.3 Å². The molecule has 2 aliphatic heterocycles. The Bertz CT molecular complexity index is 416. The van der Waals surface area contributed by atoms with Crippen LogP contribution in [0, 0.1) is 5.92 Å². The lowest BCUT2D eigenvalue weighted by molar-refractivity contribution is -0.0853. The van der Waals surface area contributed by atoms with Crippen molar-refractivity contribution in [3.63, 3.8) is 0 Å². The van der Waals surface area contributed by atoms with Crippen molar-refractivity contribution in [3.05, 3.63) is 35.9 Å². The van der Waals surface area contributed by atoms with Crippen LogP contribution in [0.1, 0.15) is 37.8 Å². The van der Waals surface area contributed by atoms with Crippen molar-refractivity contribution in [1.82, 2.24) is 5.32 Å². The number of hydrogen-bond donors (Lipinski definition) is 1. The molecule has 3 atom stereocenters. The zero-order valence-corrected chi connectivity index (χ0v) is 13.1. The Kier molecular flexibility index (Phi) is 4.69. The highest BCUT2D eigenvalue weighted by molar-refractivity contribution is 7.99. The van der Waals surface area contributed by atoms with Gasteiger partial charge in [-0.15, -0.1) is 0 Å². The predicted octanol–water partition coefficient (Wildman–Crippen LogP) is 3.64. The molecule has 3 rings (SSSR count). The minimum Gasteiger partial charge on any atom is -0.374 e. The van der Waals surface area contributed by atoms with Crippen molar-refractivity contribution in [2.24, 2.45) is 5.92 Å². The topological polar surface area (TPSA) is 21.3 Å². The molecule has 0 saturated carbocycles. The van der Waals surface area contributed by atoms with Gasteiger partial charge in [-0.3, -0.25) is 0 Å². The minimum atomic E-state index is 0.177. The molecule has 1 spiro atoms. The Balaban J connectivity index is 1.77. The van der Waals surface area contributed by atoms with Crippen LogP contribution in [0.3, 0.4) is 0 Å². The summed E-state index contributed by atoms with van der Waals surface area (Å²) in [5.74, 6) is 3.16. The second-order valence-electron chi connectivity index (χ2n) is 6.03. The lowest BCUT2D eigenvalue weighted by Crippen LogP contribution is -2.43. The lowest BCUT2D eigenvalue weighted by Gasteiger charge is -2.41. The molecule has 2 heterocycles. The van der Waals surface area contributed by atoms with E-state index >= 15 is 0 Å². The van der Waals surface area contributed by atoms with Crippen LogP contribution in [0.5, 0.6) is 0 Å². The maximum atomic E-state index is 6.17. The fourth-order valence-corrected chi connectivity index (χ4v) is 5.03. The Morgan fingerprint density at radius 3 is 2.95 bits per heavy atom. The summed E-state index contributed by atoms with van der Waals surface area (Å²) in [7, 11) is 0. The van der Waals surface area contributed by atoms with Gasteiger partial charge in [0.25, 0.3) is 0 Å². The largest absolute Gasteiger partial charge is 0.374 e. The van der Waals surface area contributed by atoms with Gasteiger partial charge < -0.3 is 10.1 Å². The van der Waals surface area contributed by atoms with E-state index in [-0.39, 0.29) is 5.60 Å². The molecule has 110 valence electrons. The lowest BCUT2D eigenvalue weighted by atomic mass is 9.79. The first-order chi connectivity index (χ1) is 9.83. The molecule has 2 fully saturated rings. The van der Waals surface area contributed by atoms with E-state index in [1.54, 1.807) is 0 Å². The molecule has 0 radical (unpaired) electrons. The van der Waals surface area contributed by atoms with Crippen LogP contribution in [-0.2, 0) is 4.74 Å². The molecule has 3 heteroatoms. The van der Waals surface area contributed by atoms with E-state index < -0.39 is 0 Å². The van der Waals surface area contributed by atoms with Crippen molar-refractivity contribution < 1.29 is 4.74 Å². The van der Waals surface area contributed by atoms with E-state index in [1.165, 1.54) is 36.3 Å². The monoisotopic (exact) mass is 291 g/mol. The quantitative estimate of drug-likeness (QED) is 0.915. The third kappa shape index (κ3) is 3.05. The van der Waals surface area contributed by atoms with Crippen LogP contribution < -0.4 is 5.32 Å². The molecule has 0 aromatic heterocycles. The molecule has 1 aromatic carbocycles. The van der Waals surface area contributed by atoms with Crippen LogP contribution in [0.15, 0.2) is 30.3 Å². The number of rotatable bonds is 4. The first kappa shape index (κ1) is 14.4. The van der Waals surface area contributed by atoms with Crippen LogP contribution in [0.4, 0.5) is 0 Å². The first-order valence-corrected chi connectivity index (χ1v) is 8.98. The third-order valence-corrected chi connectivity index (χ3v) is 5.88. The number of thioether (sulfide) groups is 1. The normalized spacial score (nSPS) is 31.6. The molecular formula is C17H25NOS. The number of benzene rings is 1. The number of hydrogen-bond acceptors (Lipinski definition) is 3. The zero-order chi connectivity index (χ0) is 13.8. The van der Waals surface area contributed by atoms with Crippen LogP contribution in [-0.4, -0.2) is 30.3 Å². The van der Waals surface area contributed by atoms with Gasteiger partial charge in [0.1, 0.15) is 0 Å².